The number of rotatable bonds is 9. The quantitative estimate of drug-likeness (QED) is 0.576. The van der Waals surface area contributed by atoms with E-state index in [-0.39, 0.29) is 17.1 Å². The Morgan fingerprint density at radius 1 is 1.19 bits per heavy atom. The molecule has 2 aromatic rings. The Kier molecular flexibility index (Phi) is 8.34. The van der Waals surface area contributed by atoms with Gasteiger partial charge >= 0.3 is 0 Å². The molecule has 8 nitrogen and oxygen atoms in total. The van der Waals surface area contributed by atoms with E-state index in [9.17, 15) is 9.59 Å². The number of nitrogens with one attached hydrogen (secondary N) is 2. The van der Waals surface area contributed by atoms with Gasteiger partial charge < -0.3 is 19.9 Å². The van der Waals surface area contributed by atoms with Crippen LogP contribution in [-0.2, 0) is 18.3 Å². The van der Waals surface area contributed by atoms with Gasteiger partial charge in [-0.3, -0.25) is 9.59 Å². The molecule has 0 bridgehead atoms. The van der Waals surface area contributed by atoms with Crippen molar-refractivity contribution in [2.24, 2.45) is 7.05 Å². The minimum Gasteiger partial charge on any atom is -0.497 e. The van der Waals surface area contributed by atoms with E-state index in [4.69, 9.17) is 4.74 Å². The largest absolute Gasteiger partial charge is 0.497 e. The van der Waals surface area contributed by atoms with Gasteiger partial charge in [-0.1, -0.05) is 31.0 Å². The number of amides is 2. The smallest absolute Gasteiger partial charge is 0.251 e. The van der Waals surface area contributed by atoms with Crippen LogP contribution >= 0.6 is 11.8 Å². The highest BCUT2D eigenvalue weighted by atomic mass is 32.2. The fourth-order valence-corrected chi connectivity index (χ4v) is 4.42. The van der Waals surface area contributed by atoms with Crippen molar-refractivity contribution in [3.63, 3.8) is 0 Å². The molecule has 0 unspecified atom stereocenters. The lowest BCUT2D eigenvalue weighted by molar-refractivity contribution is -0.121. The Labute approximate surface area is 187 Å². The molecule has 1 heterocycles. The van der Waals surface area contributed by atoms with Crippen molar-refractivity contribution in [2.75, 3.05) is 13.7 Å². The number of thioether (sulfide) groups is 1. The Balaban J connectivity index is 1.46. The maximum atomic E-state index is 12.5. The molecule has 2 N–H and O–H groups in total. The van der Waals surface area contributed by atoms with E-state index in [0.717, 1.165) is 18.7 Å². The summed E-state index contributed by atoms with van der Waals surface area (Å²) >= 11 is 1.41. The van der Waals surface area contributed by atoms with Crippen LogP contribution in [0.5, 0.6) is 5.75 Å². The van der Waals surface area contributed by atoms with Gasteiger partial charge in [-0.15, -0.1) is 10.2 Å². The molecule has 0 saturated heterocycles. The zero-order valence-corrected chi connectivity index (χ0v) is 19.2. The molecule has 1 saturated carbocycles. The van der Waals surface area contributed by atoms with E-state index in [1.54, 1.807) is 31.4 Å². The third-order valence-corrected chi connectivity index (χ3v) is 6.65. The van der Waals surface area contributed by atoms with Gasteiger partial charge in [-0.2, -0.15) is 0 Å². The number of aromatic nitrogens is 3. The highest BCUT2D eigenvalue weighted by molar-refractivity contribution is 8.00. The van der Waals surface area contributed by atoms with E-state index in [1.165, 1.54) is 31.0 Å². The molecule has 1 aliphatic carbocycles. The van der Waals surface area contributed by atoms with Crippen LogP contribution in [-0.4, -0.2) is 51.5 Å². The lowest BCUT2D eigenvalue weighted by Gasteiger charge is -2.24. The Morgan fingerprint density at radius 2 is 1.90 bits per heavy atom. The second kappa shape index (κ2) is 11.2. The molecule has 0 radical (unpaired) electrons. The first-order valence-electron chi connectivity index (χ1n) is 10.8. The number of benzene rings is 1. The van der Waals surface area contributed by atoms with Crippen LogP contribution in [0, 0.1) is 0 Å². The standard InChI is InChI=1S/C22H31N5O3S/c1-15(20(28)24-17-7-5-4-6-8-17)31-22-26-25-19(27(22)2)13-14-23-21(29)16-9-11-18(30-3)12-10-16/h9-12,15,17H,4-8,13-14H2,1-3H3,(H,23,29)(H,24,28)/t15-/m0/s1. The summed E-state index contributed by atoms with van der Waals surface area (Å²) in [6.07, 6.45) is 6.33. The summed E-state index contributed by atoms with van der Waals surface area (Å²) in [5.74, 6) is 1.38. The summed E-state index contributed by atoms with van der Waals surface area (Å²) in [5.41, 5.74) is 0.577. The molecule has 1 aromatic heterocycles. The van der Waals surface area contributed by atoms with Crippen LogP contribution in [0.15, 0.2) is 29.4 Å². The number of methoxy groups -OCH3 is 1. The number of nitrogens with zero attached hydrogens (tertiary/aromatic N) is 3. The second-order valence-corrected chi connectivity index (χ2v) is 9.10. The maximum Gasteiger partial charge on any atom is 0.251 e. The topological polar surface area (TPSA) is 98.1 Å². The van der Waals surface area contributed by atoms with Crippen molar-refractivity contribution in [3.8, 4) is 5.75 Å². The number of hydrogen-bond acceptors (Lipinski definition) is 6. The van der Waals surface area contributed by atoms with Gasteiger partial charge in [0, 0.05) is 31.6 Å². The summed E-state index contributed by atoms with van der Waals surface area (Å²) in [6.45, 7) is 2.34. The van der Waals surface area contributed by atoms with E-state index in [1.807, 2.05) is 18.5 Å². The number of hydrogen-bond donors (Lipinski definition) is 2. The van der Waals surface area contributed by atoms with Gasteiger partial charge in [0.1, 0.15) is 11.6 Å². The third kappa shape index (κ3) is 6.46. The fraction of sp³-hybridized carbons (Fsp3) is 0.545. The van der Waals surface area contributed by atoms with Crippen molar-refractivity contribution in [1.29, 1.82) is 0 Å². The van der Waals surface area contributed by atoms with Crippen molar-refractivity contribution in [3.05, 3.63) is 35.7 Å². The van der Waals surface area contributed by atoms with Crippen molar-refractivity contribution >= 4 is 23.6 Å². The van der Waals surface area contributed by atoms with Crippen LogP contribution in [0.2, 0.25) is 0 Å². The Morgan fingerprint density at radius 3 is 2.58 bits per heavy atom. The number of carbonyl (C=O) groups is 2. The number of carbonyl (C=O) groups excluding carboxylic acids is 2. The molecule has 0 aliphatic heterocycles. The van der Waals surface area contributed by atoms with E-state index >= 15 is 0 Å². The van der Waals surface area contributed by atoms with Gasteiger partial charge in [0.2, 0.25) is 5.91 Å². The van der Waals surface area contributed by atoms with Gasteiger partial charge in [0.25, 0.3) is 5.91 Å². The molecule has 0 spiro atoms. The summed E-state index contributed by atoms with van der Waals surface area (Å²) in [5, 5.41) is 15.0. The molecule has 31 heavy (non-hydrogen) atoms. The van der Waals surface area contributed by atoms with Crippen molar-refractivity contribution in [2.45, 2.75) is 61.9 Å². The summed E-state index contributed by atoms with van der Waals surface area (Å²) in [4.78, 5) is 24.8. The predicted octanol–water partition coefficient (Wildman–Crippen LogP) is 2.73. The molecule has 1 aromatic carbocycles. The van der Waals surface area contributed by atoms with E-state index in [0.29, 0.717) is 35.5 Å². The zero-order valence-electron chi connectivity index (χ0n) is 18.4. The third-order valence-electron chi connectivity index (χ3n) is 5.51. The molecule has 1 atom stereocenters. The molecule has 2 amide bonds. The molecule has 9 heteroatoms. The normalized spacial score (nSPS) is 15.3. The first kappa shape index (κ1) is 23.1. The van der Waals surface area contributed by atoms with E-state index < -0.39 is 0 Å². The first-order chi connectivity index (χ1) is 15.0. The Bertz CT molecular complexity index is 878. The first-order valence-corrected chi connectivity index (χ1v) is 11.6. The minimum absolute atomic E-state index is 0.0493. The second-order valence-electron chi connectivity index (χ2n) is 7.80. The van der Waals surface area contributed by atoms with Gasteiger partial charge in [0.15, 0.2) is 5.16 Å². The molecular formula is C22H31N5O3S. The van der Waals surface area contributed by atoms with Crippen molar-refractivity contribution in [1.82, 2.24) is 25.4 Å². The van der Waals surface area contributed by atoms with Crippen LogP contribution in [0.25, 0.3) is 0 Å². The predicted molar refractivity (Wildman–Crippen MR) is 120 cm³/mol. The molecule has 1 aliphatic rings. The van der Waals surface area contributed by atoms with Crippen LogP contribution in [0.1, 0.15) is 55.2 Å². The van der Waals surface area contributed by atoms with Crippen molar-refractivity contribution < 1.29 is 14.3 Å². The lowest BCUT2D eigenvalue weighted by Crippen LogP contribution is -2.40. The molecule has 1 fully saturated rings. The average Bonchev–Trinajstić information content (AvgIpc) is 3.13. The monoisotopic (exact) mass is 445 g/mol. The summed E-state index contributed by atoms with van der Waals surface area (Å²) in [7, 11) is 3.47. The Hall–Kier alpha value is -2.55. The zero-order chi connectivity index (χ0) is 22.2. The summed E-state index contributed by atoms with van der Waals surface area (Å²) < 4.78 is 6.99. The minimum atomic E-state index is -0.243. The molecular weight excluding hydrogens is 414 g/mol. The van der Waals surface area contributed by atoms with Gasteiger partial charge in [0.05, 0.1) is 12.4 Å². The SMILES string of the molecule is COc1ccc(C(=O)NCCc2nnc(S[C@@H](C)C(=O)NC3CCCCC3)n2C)cc1. The van der Waals surface area contributed by atoms with E-state index in [2.05, 4.69) is 20.8 Å². The van der Waals surface area contributed by atoms with Gasteiger partial charge in [-0.05, 0) is 44.0 Å². The fourth-order valence-electron chi connectivity index (χ4n) is 3.57. The summed E-state index contributed by atoms with van der Waals surface area (Å²) in [6, 6.07) is 7.27. The van der Waals surface area contributed by atoms with Crippen LogP contribution in [0.3, 0.4) is 0 Å². The highest BCUT2D eigenvalue weighted by Gasteiger charge is 2.22. The van der Waals surface area contributed by atoms with Crippen LogP contribution < -0.4 is 15.4 Å². The maximum absolute atomic E-state index is 12.5. The molecule has 3 rings (SSSR count). The highest BCUT2D eigenvalue weighted by Crippen LogP contribution is 2.23. The number of ether oxygens (including phenoxy) is 1. The van der Waals surface area contributed by atoms with Gasteiger partial charge in [-0.25, -0.2) is 0 Å². The lowest BCUT2D eigenvalue weighted by atomic mass is 9.95. The van der Waals surface area contributed by atoms with Crippen LogP contribution in [0.4, 0.5) is 0 Å². The molecule has 168 valence electrons. The average molecular weight is 446 g/mol.